The molecule has 0 bridgehead atoms. The maximum atomic E-state index is 13.7. The molecule has 1 aliphatic rings. The molecule has 10 nitrogen and oxygen atoms in total. The Morgan fingerprint density at radius 2 is 1.83 bits per heavy atom. The molecule has 11 heteroatoms. The van der Waals surface area contributed by atoms with Gasteiger partial charge in [-0.05, 0) is 55.9 Å². The van der Waals surface area contributed by atoms with Crippen molar-refractivity contribution in [2.75, 3.05) is 26.5 Å². The molecule has 1 heterocycles. The van der Waals surface area contributed by atoms with Crippen molar-refractivity contribution in [3.05, 3.63) is 67.3 Å². The van der Waals surface area contributed by atoms with Gasteiger partial charge in [0.05, 0.1) is 29.2 Å². The van der Waals surface area contributed by atoms with E-state index in [1.54, 1.807) is 18.2 Å². The van der Waals surface area contributed by atoms with Gasteiger partial charge in [0.25, 0.3) is 5.91 Å². The van der Waals surface area contributed by atoms with Crippen molar-refractivity contribution in [2.24, 2.45) is 5.92 Å². The van der Waals surface area contributed by atoms with Gasteiger partial charge in [-0.25, -0.2) is 8.42 Å². The van der Waals surface area contributed by atoms with Crippen LogP contribution in [0.15, 0.2) is 66.6 Å². The van der Waals surface area contributed by atoms with E-state index in [1.165, 1.54) is 34.6 Å². The lowest BCUT2D eigenvalue weighted by Gasteiger charge is -2.31. The van der Waals surface area contributed by atoms with Gasteiger partial charge in [-0.2, -0.15) is 4.31 Å². The molecule has 0 saturated carbocycles. The van der Waals surface area contributed by atoms with Crippen molar-refractivity contribution in [2.45, 2.75) is 63.0 Å². The van der Waals surface area contributed by atoms with Crippen molar-refractivity contribution in [1.29, 1.82) is 0 Å². The van der Waals surface area contributed by atoms with Crippen LogP contribution < -0.4 is 19.5 Å². The van der Waals surface area contributed by atoms with Gasteiger partial charge in [-0.1, -0.05) is 38.5 Å². The van der Waals surface area contributed by atoms with E-state index in [1.807, 2.05) is 13.8 Å². The maximum absolute atomic E-state index is 13.7. The summed E-state index contributed by atoms with van der Waals surface area (Å²) < 4.78 is 45.1. The largest absolute Gasteiger partial charge is 0.504 e. The summed E-state index contributed by atoms with van der Waals surface area (Å²) in [6, 6.07) is 8.11. The summed E-state index contributed by atoms with van der Waals surface area (Å²) in [5, 5.41) is 24.7. The number of allylic oxidation sites excluding steroid dienone is 1. The fourth-order valence-electron chi connectivity index (χ4n) is 4.56. The van der Waals surface area contributed by atoms with E-state index in [2.05, 4.69) is 18.5 Å². The standard InChI is InChI=1S/C31H42N2O8S/c1-5-7-9-10-13-25(32-31(36)24-12-11-14-26(34)30(24)39-17-8-6-2)27(35)20-33(19-22(3)4)42(37,38)23-15-16-28-29(18-23)41-21-40-28/h5-6,11-12,14-16,18,22,25,27,34-35H,1-2,7-10,13,17,19-21H2,3-4H3,(H,32,36). The van der Waals surface area contributed by atoms with E-state index in [4.69, 9.17) is 14.2 Å². The average molecular weight is 603 g/mol. The second-order valence-electron chi connectivity index (χ2n) is 10.5. The number of aliphatic hydroxyl groups excluding tert-OH is 1. The number of nitrogens with zero attached hydrogens (tertiary/aromatic N) is 1. The van der Waals surface area contributed by atoms with Crippen LogP contribution in [0.2, 0.25) is 0 Å². The molecule has 0 aromatic heterocycles. The van der Waals surface area contributed by atoms with Gasteiger partial charge >= 0.3 is 0 Å². The molecule has 1 amide bonds. The minimum absolute atomic E-state index is 0.0146. The fraction of sp³-hybridized carbons (Fsp3) is 0.452. The Bertz CT molecular complexity index is 1330. The summed E-state index contributed by atoms with van der Waals surface area (Å²) in [6.45, 7) is 11.3. The van der Waals surface area contributed by atoms with Crippen LogP contribution in [0.3, 0.4) is 0 Å². The lowest BCUT2D eigenvalue weighted by Crippen LogP contribution is -2.50. The Balaban J connectivity index is 1.85. The number of rotatable bonds is 18. The first-order chi connectivity index (χ1) is 20.1. The quantitative estimate of drug-likeness (QED) is 0.166. The molecule has 3 N–H and O–H groups in total. The molecule has 1 aliphatic heterocycles. The molecule has 0 radical (unpaired) electrons. The van der Waals surface area contributed by atoms with Gasteiger partial charge in [-0.3, -0.25) is 4.79 Å². The number of aromatic hydroxyl groups is 1. The highest BCUT2D eigenvalue weighted by Crippen LogP contribution is 2.35. The van der Waals surface area contributed by atoms with Gasteiger partial charge in [0.2, 0.25) is 16.8 Å². The number of carbonyl (C=O) groups excluding carboxylic acids is 1. The smallest absolute Gasteiger partial charge is 0.255 e. The molecular weight excluding hydrogens is 560 g/mol. The lowest BCUT2D eigenvalue weighted by atomic mass is 10.0. The highest BCUT2D eigenvalue weighted by atomic mass is 32.2. The number of para-hydroxylation sites is 1. The molecule has 2 atom stereocenters. The SMILES string of the molecule is C=CCCCCC(NC(=O)c1cccc(O)c1OCCC=C)C(O)CN(CC(C)C)S(=O)(=O)c1ccc2c(c1)OCO2. The topological polar surface area (TPSA) is 135 Å². The molecular formula is C31H42N2O8S. The second kappa shape index (κ2) is 15.6. The Labute approximate surface area is 248 Å². The molecule has 230 valence electrons. The van der Waals surface area contributed by atoms with E-state index in [0.29, 0.717) is 30.8 Å². The molecule has 0 aliphatic carbocycles. The first kappa shape index (κ1) is 33.0. The number of benzene rings is 2. The predicted octanol–water partition coefficient (Wildman–Crippen LogP) is 4.63. The Morgan fingerprint density at radius 1 is 1.10 bits per heavy atom. The number of amides is 1. The molecule has 0 saturated heterocycles. The van der Waals surface area contributed by atoms with E-state index in [9.17, 15) is 23.4 Å². The third kappa shape index (κ3) is 8.73. The maximum Gasteiger partial charge on any atom is 0.255 e. The number of hydrogen-bond donors (Lipinski definition) is 3. The Morgan fingerprint density at radius 3 is 2.55 bits per heavy atom. The van der Waals surface area contributed by atoms with Crippen LogP contribution in [0, 0.1) is 5.92 Å². The number of phenolic OH excluding ortho intramolecular Hbond substituents is 1. The van der Waals surface area contributed by atoms with Crippen LogP contribution in [-0.2, 0) is 10.0 Å². The summed E-state index contributed by atoms with van der Waals surface area (Å²) in [5.41, 5.74) is 0.106. The molecule has 2 aromatic carbocycles. The van der Waals surface area contributed by atoms with Crippen LogP contribution in [0.25, 0.3) is 0 Å². The van der Waals surface area contributed by atoms with Crippen molar-refractivity contribution in [1.82, 2.24) is 9.62 Å². The Kier molecular flexibility index (Phi) is 12.3. The Hall–Kier alpha value is -3.54. The first-order valence-electron chi connectivity index (χ1n) is 14.1. The van der Waals surface area contributed by atoms with E-state index >= 15 is 0 Å². The lowest BCUT2D eigenvalue weighted by molar-refractivity contribution is 0.0751. The van der Waals surface area contributed by atoms with E-state index in [0.717, 1.165) is 12.8 Å². The van der Waals surface area contributed by atoms with Crippen LogP contribution in [0.4, 0.5) is 0 Å². The second-order valence-corrected chi connectivity index (χ2v) is 12.5. The molecule has 0 spiro atoms. The number of nitrogens with one attached hydrogen (secondary N) is 1. The monoisotopic (exact) mass is 602 g/mol. The highest BCUT2D eigenvalue weighted by Gasteiger charge is 2.32. The van der Waals surface area contributed by atoms with Gasteiger partial charge in [0.15, 0.2) is 23.0 Å². The third-order valence-corrected chi connectivity index (χ3v) is 8.53. The summed E-state index contributed by atoms with van der Waals surface area (Å²) in [6.07, 6.45) is 5.36. The number of sulfonamides is 1. The van der Waals surface area contributed by atoms with Crippen molar-refractivity contribution in [3.63, 3.8) is 0 Å². The van der Waals surface area contributed by atoms with E-state index in [-0.39, 0.29) is 54.4 Å². The van der Waals surface area contributed by atoms with Crippen molar-refractivity contribution in [3.8, 4) is 23.0 Å². The zero-order valence-corrected chi connectivity index (χ0v) is 25.1. The summed E-state index contributed by atoms with van der Waals surface area (Å²) in [5.74, 6) is 0.0546. The molecule has 2 unspecified atom stereocenters. The zero-order chi connectivity index (χ0) is 30.7. The molecule has 0 fully saturated rings. The normalized spacial score (nSPS) is 14.0. The number of hydrogen-bond acceptors (Lipinski definition) is 8. The van der Waals surface area contributed by atoms with Gasteiger partial charge in [-0.15, -0.1) is 13.2 Å². The molecule has 42 heavy (non-hydrogen) atoms. The van der Waals surface area contributed by atoms with Crippen LogP contribution in [0.5, 0.6) is 23.0 Å². The average Bonchev–Trinajstić information content (AvgIpc) is 3.43. The summed E-state index contributed by atoms with van der Waals surface area (Å²) in [4.78, 5) is 13.5. The van der Waals surface area contributed by atoms with Crippen LogP contribution in [-0.4, -0.2) is 67.5 Å². The van der Waals surface area contributed by atoms with Crippen molar-refractivity contribution >= 4 is 15.9 Å². The van der Waals surface area contributed by atoms with Gasteiger partial charge < -0.3 is 29.7 Å². The third-order valence-electron chi connectivity index (χ3n) is 6.70. The molecule has 2 aromatic rings. The van der Waals surface area contributed by atoms with Crippen LogP contribution >= 0.6 is 0 Å². The summed E-state index contributed by atoms with van der Waals surface area (Å²) >= 11 is 0. The van der Waals surface area contributed by atoms with Crippen LogP contribution in [0.1, 0.15) is 56.3 Å². The minimum Gasteiger partial charge on any atom is -0.504 e. The summed E-state index contributed by atoms with van der Waals surface area (Å²) in [7, 11) is -4.03. The zero-order valence-electron chi connectivity index (χ0n) is 24.3. The van der Waals surface area contributed by atoms with Gasteiger partial charge in [0, 0.05) is 19.2 Å². The molecule has 3 rings (SSSR count). The fourth-order valence-corrected chi connectivity index (χ4v) is 6.20. The van der Waals surface area contributed by atoms with Gasteiger partial charge in [0.1, 0.15) is 0 Å². The van der Waals surface area contributed by atoms with Crippen molar-refractivity contribution < 1.29 is 37.6 Å². The highest BCUT2D eigenvalue weighted by molar-refractivity contribution is 7.89. The number of carbonyl (C=O) groups is 1. The number of phenols is 1. The van der Waals surface area contributed by atoms with E-state index < -0.39 is 28.1 Å². The number of ether oxygens (including phenoxy) is 3. The number of unbranched alkanes of at least 4 members (excludes halogenated alkanes) is 2. The minimum atomic E-state index is -4.03. The number of fused-ring (bicyclic) bond motifs is 1. The predicted molar refractivity (Wildman–Crippen MR) is 161 cm³/mol. The first-order valence-corrected chi connectivity index (χ1v) is 15.6. The number of aliphatic hydroxyl groups is 1.